The lowest BCUT2D eigenvalue weighted by atomic mass is 9.73. The van der Waals surface area contributed by atoms with Gasteiger partial charge in [-0.05, 0) is 86.5 Å². The molecule has 5 atom stereocenters. The number of rotatable bonds is 12. The molecule has 4 aliphatic rings. The van der Waals surface area contributed by atoms with E-state index in [1.54, 1.807) is 11.6 Å². The third kappa shape index (κ3) is 16.8. The molecule has 3 aromatic carbocycles. The number of nitrogens with zero attached hydrogens (tertiary/aromatic N) is 3. The van der Waals surface area contributed by atoms with Crippen molar-refractivity contribution in [3.8, 4) is 0 Å². The number of carbonyl (C=O) groups is 2. The molecule has 6 nitrogen and oxygen atoms in total. The van der Waals surface area contributed by atoms with Gasteiger partial charge in [-0.25, -0.2) is 0 Å². The Kier molecular flexibility index (Phi) is 25.5. The first kappa shape index (κ1) is 52.7. The maximum absolute atomic E-state index is 12.2. The Morgan fingerprint density at radius 3 is 2.05 bits per heavy atom. The lowest BCUT2D eigenvalue weighted by molar-refractivity contribution is -0.109. The summed E-state index contributed by atoms with van der Waals surface area (Å²) in [6.45, 7) is 28.1. The van der Waals surface area contributed by atoms with Crippen LogP contribution in [0.5, 0.6) is 0 Å². The molecule has 0 saturated carbocycles. The van der Waals surface area contributed by atoms with Crippen molar-refractivity contribution in [3.05, 3.63) is 167 Å². The SMILES string of the molecule is C=C/C=C\C=C1\CCN(CC)C(CNC(=O)c2ccccc2)C1.CC.CCC.CCN1CCC2=CC=CC(C)C2C1CC=O.CCN1CCc2ccccc2C1Cc1ccccc1. The van der Waals surface area contributed by atoms with Crippen LogP contribution in [-0.2, 0) is 17.6 Å². The number of likely N-dealkylation sites (tertiary alicyclic amines) is 2. The number of allylic oxidation sites excluding steroid dienone is 7. The Morgan fingerprint density at radius 1 is 0.778 bits per heavy atom. The Hall–Kier alpha value is -4.62. The van der Waals surface area contributed by atoms with Crippen LogP contribution in [0.25, 0.3) is 0 Å². The highest BCUT2D eigenvalue weighted by atomic mass is 16.1. The van der Waals surface area contributed by atoms with Crippen LogP contribution in [0.1, 0.15) is 121 Å². The van der Waals surface area contributed by atoms with Crippen LogP contribution in [0.4, 0.5) is 0 Å². The Labute approximate surface area is 383 Å². The van der Waals surface area contributed by atoms with Crippen LogP contribution in [0.3, 0.4) is 0 Å². The van der Waals surface area contributed by atoms with E-state index in [1.807, 2.05) is 56.3 Å². The van der Waals surface area contributed by atoms with Gasteiger partial charge in [0.15, 0.2) is 0 Å². The molecule has 1 N–H and O–H groups in total. The summed E-state index contributed by atoms with van der Waals surface area (Å²) in [6, 6.07) is 30.5. The van der Waals surface area contributed by atoms with Crippen molar-refractivity contribution < 1.29 is 9.59 Å². The van der Waals surface area contributed by atoms with Gasteiger partial charge < -0.3 is 10.1 Å². The van der Waals surface area contributed by atoms with E-state index in [1.165, 1.54) is 48.1 Å². The molecule has 6 heteroatoms. The van der Waals surface area contributed by atoms with Crippen molar-refractivity contribution in [2.75, 3.05) is 45.8 Å². The Bertz CT molecular complexity index is 1860. The van der Waals surface area contributed by atoms with Gasteiger partial charge in [0.05, 0.1) is 0 Å². The number of carbonyl (C=O) groups excluding carboxylic acids is 2. The lowest BCUT2D eigenvalue weighted by Gasteiger charge is -2.45. The summed E-state index contributed by atoms with van der Waals surface area (Å²) in [5, 5.41) is 3.08. The second-order valence-electron chi connectivity index (χ2n) is 16.6. The maximum Gasteiger partial charge on any atom is 0.251 e. The second-order valence-corrected chi connectivity index (χ2v) is 16.6. The number of piperidine rings is 2. The summed E-state index contributed by atoms with van der Waals surface area (Å²) in [4.78, 5) is 30.6. The molecular formula is C57H82N4O2. The van der Waals surface area contributed by atoms with Crippen molar-refractivity contribution in [1.82, 2.24) is 20.0 Å². The zero-order valence-electron chi connectivity index (χ0n) is 40.4. The number of fused-ring (bicyclic) bond motifs is 2. The predicted molar refractivity (Wildman–Crippen MR) is 270 cm³/mol. The van der Waals surface area contributed by atoms with Crippen LogP contribution in [0.2, 0.25) is 0 Å². The van der Waals surface area contributed by atoms with Crippen molar-refractivity contribution >= 4 is 12.2 Å². The van der Waals surface area contributed by atoms with Gasteiger partial charge in [0, 0.05) is 62.2 Å². The van der Waals surface area contributed by atoms with Crippen LogP contribution in [-0.4, -0.2) is 84.8 Å². The van der Waals surface area contributed by atoms with Crippen molar-refractivity contribution in [3.63, 3.8) is 0 Å². The van der Waals surface area contributed by atoms with E-state index in [2.05, 4.69) is 147 Å². The third-order valence-corrected chi connectivity index (χ3v) is 12.5. The highest BCUT2D eigenvalue weighted by molar-refractivity contribution is 5.94. The van der Waals surface area contributed by atoms with Crippen LogP contribution < -0.4 is 5.32 Å². The first-order valence-electron chi connectivity index (χ1n) is 24.3. The van der Waals surface area contributed by atoms with Gasteiger partial charge in [-0.3, -0.25) is 19.5 Å². The fraction of sp³-hybridized carbons (Fsp3) is 0.474. The first-order chi connectivity index (χ1) is 30.8. The minimum atomic E-state index is 0.00399. The fourth-order valence-electron chi connectivity index (χ4n) is 9.33. The summed E-state index contributed by atoms with van der Waals surface area (Å²) in [5.74, 6) is 1.13. The molecule has 3 aromatic rings. The molecule has 0 aromatic heterocycles. The highest BCUT2D eigenvalue weighted by Crippen LogP contribution is 2.38. The smallest absolute Gasteiger partial charge is 0.251 e. The van der Waals surface area contributed by atoms with E-state index in [9.17, 15) is 9.59 Å². The van der Waals surface area contributed by atoms with E-state index < -0.39 is 0 Å². The van der Waals surface area contributed by atoms with Gasteiger partial charge in [0.25, 0.3) is 5.91 Å². The Balaban J connectivity index is 0.000000242. The fourth-order valence-corrected chi connectivity index (χ4v) is 9.33. The quantitative estimate of drug-likeness (QED) is 0.145. The Morgan fingerprint density at radius 2 is 1.40 bits per heavy atom. The molecule has 2 fully saturated rings. The van der Waals surface area contributed by atoms with Crippen molar-refractivity contribution in [2.24, 2.45) is 11.8 Å². The van der Waals surface area contributed by atoms with Gasteiger partial charge in [-0.1, -0.05) is 195 Å². The monoisotopic (exact) mass is 855 g/mol. The van der Waals surface area contributed by atoms with Gasteiger partial charge in [-0.2, -0.15) is 0 Å². The average Bonchev–Trinajstić information content (AvgIpc) is 3.33. The predicted octanol–water partition coefficient (Wildman–Crippen LogP) is 12.3. The number of hydrogen-bond acceptors (Lipinski definition) is 5. The van der Waals surface area contributed by atoms with E-state index in [0.29, 0.717) is 42.9 Å². The standard InChI is InChI=1S/C20H26N2O.C18H21N.C14H21NO.C3H8.C2H6/c1-3-5-7-10-17-13-14-22(4-2)19(15-17)16-21-20(23)18-11-8-6-9-12-18;1-2-19-13-12-16-10-6-7-11-17(16)18(19)14-15-8-4-3-5-9-15;1-3-15-9-7-12-6-4-5-11(2)14(12)13(15)8-10-16;1-3-2;1-2/h3,5-12,19H,1,4,13-16H2,2H3,(H,21,23);3-11,18H,2,12-14H2,1H3;4-6,10-11,13-14H,3,7-9H2,1-2H3;3H2,1-2H3;1-2H3/b7-5-,17-10-;;;;. The molecule has 0 spiro atoms. The molecule has 5 unspecified atom stereocenters. The summed E-state index contributed by atoms with van der Waals surface area (Å²) in [5.41, 5.74) is 8.20. The molecule has 3 aliphatic heterocycles. The van der Waals surface area contributed by atoms with Crippen molar-refractivity contribution in [2.45, 2.75) is 118 Å². The molecule has 0 bridgehead atoms. The average molecular weight is 855 g/mol. The van der Waals surface area contributed by atoms with Gasteiger partial charge in [0.2, 0.25) is 0 Å². The van der Waals surface area contributed by atoms with Crippen LogP contribution in [0, 0.1) is 11.8 Å². The minimum absolute atomic E-state index is 0.00399. The molecule has 2 saturated heterocycles. The van der Waals surface area contributed by atoms with Crippen LogP contribution >= 0.6 is 0 Å². The van der Waals surface area contributed by atoms with Gasteiger partial charge in [0.1, 0.15) is 6.29 Å². The molecule has 0 radical (unpaired) electrons. The maximum atomic E-state index is 12.2. The number of nitrogens with one attached hydrogen (secondary N) is 1. The summed E-state index contributed by atoms with van der Waals surface area (Å²) < 4.78 is 0. The van der Waals surface area contributed by atoms with E-state index in [0.717, 1.165) is 63.8 Å². The summed E-state index contributed by atoms with van der Waals surface area (Å²) >= 11 is 0. The molecule has 1 amide bonds. The minimum Gasteiger partial charge on any atom is -0.350 e. The number of benzene rings is 3. The first-order valence-corrected chi connectivity index (χ1v) is 24.3. The number of hydrogen-bond donors (Lipinski definition) is 1. The molecular weight excluding hydrogens is 773 g/mol. The summed E-state index contributed by atoms with van der Waals surface area (Å²) in [6.07, 6.45) is 23.3. The van der Waals surface area contributed by atoms with Crippen LogP contribution in [0.15, 0.2) is 145 Å². The van der Waals surface area contributed by atoms with Gasteiger partial charge in [-0.15, -0.1) is 0 Å². The van der Waals surface area contributed by atoms with E-state index in [4.69, 9.17) is 0 Å². The topological polar surface area (TPSA) is 55.9 Å². The van der Waals surface area contributed by atoms with Gasteiger partial charge >= 0.3 is 0 Å². The number of likely N-dealkylation sites (N-methyl/N-ethyl adjacent to an activating group) is 2. The molecule has 342 valence electrons. The zero-order chi connectivity index (χ0) is 45.8. The number of aldehydes is 1. The van der Waals surface area contributed by atoms with E-state index in [-0.39, 0.29) is 5.91 Å². The number of amides is 1. The summed E-state index contributed by atoms with van der Waals surface area (Å²) in [7, 11) is 0. The zero-order valence-corrected chi connectivity index (χ0v) is 40.4. The third-order valence-electron chi connectivity index (χ3n) is 12.5. The molecule has 1 aliphatic carbocycles. The molecule has 7 rings (SSSR count). The van der Waals surface area contributed by atoms with Crippen molar-refractivity contribution in [1.29, 1.82) is 0 Å². The molecule has 63 heavy (non-hydrogen) atoms. The second kappa shape index (κ2) is 30.5. The largest absolute Gasteiger partial charge is 0.350 e. The molecule has 3 heterocycles. The normalized spacial score (nSPS) is 22.4. The highest BCUT2D eigenvalue weighted by Gasteiger charge is 2.36. The van der Waals surface area contributed by atoms with E-state index >= 15 is 0 Å². The lowest BCUT2D eigenvalue weighted by Crippen LogP contribution is -2.48.